The summed E-state index contributed by atoms with van der Waals surface area (Å²) in [4.78, 5) is 7.23. The molecule has 1 aromatic carbocycles. The molecule has 0 amide bonds. The molecule has 0 atom stereocenters. The molecule has 2 heterocycles. The van der Waals surface area contributed by atoms with Crippen LogP contribution < -0.4 is 5.32 Å². The fraction of sp³-hybridized carbons (Fsp3) is 0.438. The molecule has 1 N–H and O–H groups in total. The highest BCUT2D eigenvalue weighted by Crippen LogP contribution is 2.19. The molecule has 0 saturated carbocycles. The average molecular weight is 255 g/mol. The van der Waals surface area contributed by atoms with Crippen molar-refractivity contribution in [1.29, 1.82) is 0 Å². The summed E-state index contributed by atoms with van der Waals surface area (Å²) in [5.41, 5.74) is 2.29. The molecule has 100 valence electrons. The van der Waals surface area contributed by atoms with Gasteiger partial charge >= 0.3 is 0 Å². The number of aromatic nitrogens is 1. The molecule has 19 heavy (non-hydrogen) atoms. The van der Waals surface area contributed by atoms with Crippen LogP contribution in [0.3, 0.4) is 0 Å². The van der Waals surface area contributed by atoms with E-state index in [9.17, 15) is 0 Å². The lowest BCUT2D eigenvalue weighted by Crippen LogP contribution is -2.26. The maximum Gasteiger partial charge on any atom is 0.129 e. The van der Waals surface area contributed by atoms with E-state index in [0.29, 0.717) is 0 Å². The number of likely N-dealkylation sites (tertiary alicyclic amines) is 1. The Labute approximate surface area is 114 Å². The van der Waals surface area contributed by atoms with E-state index in [2.05, 4.69) is 41.4 Å². The summed E-state index contributed by atoms with van der Waals surface area (Å²) in [7, 11) is 0. The molecule has 0 unspecified atom stereocenters. The zero-order valence-electron chi connectivity index (χ0n) is 11.5. The van der Waals surface area contributed by atoms with E-state index in [1.165, 1.54) is 36.9 Å². The topological polar surface area (TPSA) is 28.2 Å². The highest BCUT2D eigenvalue weighted by molar-refractivity contribution is 5.81. The van der Waals surface area contributed by atoms with Crippen molar-refractivity contribution >= 4 is 16.7 Å². The van der Waals surface area contributed by atoms with Crippen molar-refractivity contribution in [3.05, 3.63) is 35.9 Å². The standard InChI is InChI=1S/C16H21N3/c1-13-12-14-6-2-3-7-15(14)18-16(13)17-8-11-19-9-4-5-10-19/h2-3,6-7,12H,4-5,8-11H2,1H3,(H,17,18). The van der Waals surface area contributed by atoms with Crippen molar-refractivity contribution in [2.45, 2.75) is 19.8 Å². The fourth-order valence-electron chi connectivity index (χ4n) is 2.74. The van der Waals surface area contributed by atoms with Gasteiger partial charge in [-0.15, -0.1) is 0 Å². The number of para-hydroxylation sites is 1. The molecule has 0 radical (unpaired) electrons. The Morgan fingerprint density at radius 2 is 2.00 bits per heavy atom. The largest absolute Gasteiger partial charge is 0.369 e. The van der Waals surface area contributed by atoms with E-state index >= 15 is 0 Å². The maximum absolute atomic E-state index is 4.71. The van der Waals surface area contributed by atoms with Gasteiger partial charge in [0.15, 0.2) is 0 Å². The Morgan fingerprint density at radius 3 is 2.84 bits per heavy atom. The Morgan fingerprint density at radius 1 is 1.21 bits per heavy atom. The van der Waals surface area contributed by atoms with Gasteiger partial charge in [0.2, 0.25) is 0 Å². The molecule has 0 aliphatic carbocycles. The van der Waals surface area contributed by atoms with Crippen LogP contribution in [0.4, 0.5) is 5.82 Å². The first-order valence-corrected chi connectivity index (χ1v) is 7.15. The summed E-state index contributed by atoms with van der Waals surface area (Å²) in [5.74, 6) is 1.03. The number of pyridine rings is 1. The SMILES string of the molecule is Cc1cc2ccccc2nc1NCCN1CCCC1. The summed E-state index contributed by atoms with van der Waals surface area (Å²) in [5, 5.41) is 4.69. The number of nitrogens with one attached hydrogen (secondary N) is 1. The molecule has 1 aromatic heterocycles. The summed E-state index contributed by atoms with van der Waals surface area (Å²) in [6, 6.07) is 10.5. The monoisotopic (exact) mass is 255 g/mol. The first kappa shape index (κ1) is 12.4. The minimum absolute atomic E-state index is 0.978. The van der Waals surface area contributed by atoms with Gasteiger partial charge in [0, 0.05) is 18.5 Å². The van der Waals surface area contributed by atoms with E-state index in [1.807, 2.05) is 6.07 Å². The first-order chi connectivity index (χ1) is 9.33. The van der Waals surface area contributed by atoms with Crippen LogP contribution in [-0.4, -0.2) is 36.1 Å². The van der Waals surface area contributed by atoms with Crippen molar-refractivity contribution < 1.29 is 0 Å². The molecule has 1 aliphatic heterocycles. The van der Waals surface area contributed by atoms with Crippen LogP contribution in [-0.2, 0) is 0 Å². The predicted molar refractivity (Wildman–Crippen MR) is 80.6 cm³/mol. The first-order valence-electron chi connectivity index (χ1n) is 7.15. The Balaban J connectivity index is 1.67. The number of benzene rings is 1. The molecule has 1 aliphatic rings. The molecule has 2 aromatic rings. The number of anilines is 1. The van der Waals surface area contributed by atoms with Crippen LogP contribution in [0.1, 0.15) is 18.4 Å². The number of nitrogens with zero attached hydrogens (tertiary/aromatic N) is 2. The molecule has 3 heteroatoms. The van der Waals surface area contributed by atoms with Crippen molar-refractivity contribution in [2.24, 2.45) is 0 Å². The van der Waals surface area contributed by atoms with Crippen LogP contribution in [0, 0.1) is 6.92 Å². The van der Waals surface area contributed by atoms with E-state index < -0.39 is 0 Å². The van der Waals surface area contributed by atoms with Crippen molar-refractivity contribution in [3.63, 3.8) is 0 Å². The highest BCUT2D eigenvalue weighted by Gasteiger charge is 2.10. The normalized spacial score (nSPS) is 16.1. The van der Waals surface area contributed by atoms with Gasteiger partial charge in [0.05, 0.1) is 5.52 Å². The van der Waals surface area contributed by atoms with Gasteiger partial charge in [-0.1, -0.05) is 18.2 Å². The van der Waals surface area contributed by atoms with Crippen LogP contribution in [0.5, 0.6) is 0 Å². The Bertz CT molecular complexity index is 559. The lowest BCUT2D eigenvalue weighted by Gasteiger charge is -2.16. The average Bonchev–Trinajstić information content (AvgIpc) is 2.92. The van der Waals surface area contributed by atoms with Gasteiger partial charge in [-0.3, -0.25) is 0 Å². The maximum atomic E-state index is 4.71. The molecule has 1 fully saturated rings. The molecule has 0 spiro atoms. The summed E-state index contributed by atoms with van der Waals surface area (Å²) in [6.07, 6.45) is 2.71. The quantitative estimate of drug-likeness (QED) is 0.910. The summed E-state index contributed by atoms with van der Waals surface area (Å²) in [6.45, 7) is 6.73. The second kappa shape index (κ2) is 5.57. The third-order valence-electron chi connectivity index (χ3n) is 3.83. The van der Waals surface area contributed by atoms with E-state index in [0.717, 1.165) is 24.4 Å². The second-order valence-electron chi connectivity index (χ2n) is 5.32. The molecule has 1 saturated heterocycles. The molecule has 0 bridgehead atoms. The van der Waals surface area contributed by atoms with Gasteiger partial charge in [0.1, 0.15) is 5.82 Å². The van der Waals surface area contributed by atoms with Crippen LogP contribution in [0.25, 0.3) is 10.9 Å². The number of hydrogen-bond acceptors (Lipinski definition) is 3. The van der Waals surface area contributed by atoms with Crippen molar-refractivity contribution in [2.75, 3.05) is 31.5 Å². The second-order valence-corrected chi connectivity index (χ2v) is 5.32. The lowest BCUT2D eigenvalue weighted by molar-refractivity contribution is 0.352. The van der Waals surface area contributed by atoms with Gasteiger partial charge in [-0.05, 0) is 50.6 Å². The van der Waals surface area contributed by atoms with Crippen molar-refractivity contribution in [1.82, 2.24) is 9.88 Å². The van der Waals surface area contributed by atoms with E-state index in [4.69, 9.17) is 4.98 Å². The van der Waals surface area contributed by atoms with Crippen LogP contribution in [0.15, 0.2) is 30.3 Å². The van der Waals surface area contributed by atoms with E-state index in [-0.39, 0.29) is 0 Å². The minimum atomic E-state index is 0.978. The van der Waals surface area contributed by atoms with Gasteiger partial charge in [0.25, 0.3) is 0 Å². The molecule has 3 nitrogen and oxygen atoms in total. The number of aryl methyl sites for hydroxylation is 1. The van der Waals surface area contributed by atoms with Gasteiger partial charge < -0.3 is 10.2 Å². The zero-order valence-corrected chi connectivity index (χ0v) is 11.5. The van der Waals surface area contributed by atoms with Gasteiger partial charge in [-0.25, -0.2) is 4.98 Å². The fourth-order valence-corrected chi connectivity index (χ4v) is 2.74. The molecule has 3 rings (SSSR count). The predicted octanol–water partition coefficient (Wildman–Crippen LogP) is 3.05. The zero-order chi connectivity index (χ0) is 13.1. The van der Waals surface area contributed by atoms with Crippen LogP contribution in [0.2, 0.25) is 0 Å². The lowest BCUT2D eigenvalue weighted by atomic mass is 10.1. The summed E-state index contributed by atoms with van der Waals surface area (Å²) >= 11 is 0. The third kappa shape index (κ3) is 2.87. The number of hydrogen-bond donors (Lipinski definition) is 1. The van der Waals surface area contributed by atoms with Crippen LogP contribution >= 0.6 is 0 Å². The Hall–Kier alpha value is -1.61. The Kier molecular flexibility index (Phi) is 3.65. The number of fused-ring (bicyclic) bond motifs is 1. The molecular weight excluding hydrogens is 234 g/mol. The van der Waals surface area contributed by atoms with Crippen molar-refractivity contribution in [3.8, 4) is 0 Å². The third-order valence-corrected chi connectivity index (χ3v) is 3.83. The number of rotatable bonds is 4. The smallest absolute Gasteiger partial charge is 0.129 e. The van der Waals surface area contributed by atoms with Gasteiger partial charge in [-0.2, -0.15) is 0 Å². The summed E-state index contributed by atoms with van der Waals surface area (Å²) < 4.78 is 0. The van der Waals surface area contributed by atoms with E-state index in [1.54, 1.807) is 0 Å². The highest BCUT2D eigenvalue weighted by atomic mass is 15.2. The molecular formula is C16H21N3. The minimum Gasteiger partial charge on any atom is -0.369 e.